The van der Waals surface area contributed by atoms with Crippen LogP contribution < -0.4 is 5.32 Å². The molecule has 0 spiro atoms. The van der Waals surface area contributed by atoms with Gasteiger partial charge < -0.3 is 5.32 Å². The molecule has 2 unspecified atom stereocenters. The van der Waals surface area contributed by atoms with Crippen molar-refractivity contribution in [2.45, 2.75) is 49.3 Å². The van der Waals surface area contributed by atoms with Crippen molar-refractivity contribution in [1.82, 2.24) is 10.3 Å². The van der Waals surface area contributed by atoms with E-state index in [1.54, 1.807) is 0 Å². The predicted molar refractivity (Wildman–Crippen MR) is 74.4 cm³/mol. The van der Waals surface area contributed by atoms with Crippen molar-refractivity contribution < 1.29 is 0 Å². The van der Waals surface area contributed by atoms with Gasteiger partial charge in [-0.25, -0.2) is 0 Å². The summed E-state index contributed by atoms with van der Waals surface area (Å²) in [6.07, 6.45) is 7.65. The molecule has 0 aromatic carbocycles. The molecule has 0 radical (unpaired) electrons. The molecular weight excluding hydrogens is 228 g/mol. The number of thioether (sulfide) groups is 1. The number of nitrogens with one attached hydrogen (secondary N) is 1. The fourth-order valence-corrected chi connectivity index (χ4v) is 4.17. The van der Waals surface area contributed by atoms with Crippen LogP contribution in [0.25, 0.3) is 0 Å². The summed E-state index contributed by atoms with van der Waals surface area (Å²) in [4.78, 5) is 5.41. The van der Waals surface area contributed by atoms with Gasteiger partial charge in [0.1, 0.15) is 0 Å². The van der Waals surface area contributed by atoms with Gasteiger partial charge in [0.05, 0.1) is 0 Å². The van der Waals surface area contributed by atoms with Crippen molar-refractivity contribution in [3.63, 3.8) is 0 Å². The van der Waals surface area contributed by atoms with E-state index in [1.165, 1.54) is 24.2 Å². The molecular formula is C14H22N2S. The first kappa shape index (κ1) is 12.9. The molecule has 1 heterocycles. The lowest BCUT2D eigenvalue weighted by Gasteiger charge is -2.40. The summed E-state index contributed by atoms with van der Waals surface area (Å²) in [5, 5.41) is 4.15. The van der Waals surface area contributed by atoms with Crippen LogP contribution in [0.1, 0.15) is 33.1 Å². The quantitative estimate of drug-likeness (QED) is 0.890. The second kappa shape index (κ2) is 5.40. The van der Waals surface area contributed by atoms with E-state index in [-0.39, 0.29) is 0 Å². The Morgan fingerprint density at radius 3 is 2.71 bits per heavy atom. The molecule has 2 nitrogen and oxygen atoms in total. The Kier molecular flexibility index (Phi) is 4.10. The molecule has 2 rings (SSSR count). The zero-order valence-corrected chi connectivity index (χ0v) is 11.8. The predicted octanol–water partition coefficient (Wildman–Crippen LogP) is 3.34. The first-order valence-corrected chi connectivity index (χ1v) is 7.23. The Morgan fingerprint density at radius 2 is 2.06 bits per heavy atom. The summed E-state index contributed by atoms with van der Waals surface area (Å²) in [5.41, 5.74) is 0.484. The van der Waals surface area contributed by atoms with E-state index in [2.05, 4.69) is 43.3 Å². The Bertz CT molecular complexity index is 350. The SMILES string of the molecule is CNC1CCC(C)(C)CC1Sc1ccncc1. The lowest BCUT2D eigenvalue weighted by Crippen LogP contribution is -2.43. The molecule has 3 heteroatoms. The molecule has 1 N–H and O–H groups in total. The monoisotopic (exact) mass is 250 g/mol. The molecule has 1 fully saturated rings. The highest BCUT2D eigenvalue weighted by atomic mass is 32.2. The molecule has 94 valence electrons. The van der Waals surface area contributed by atoms with Gasteiger partial charge in [0.25, 0.3) is 0 Å². The van der Waals surface area contributed by atoms with Crippen LogP contribution in [-0.4, -0.2) is 23.3 Å². The highest BCUT2D eigenvalue weighted by Crippen LogP contribution is 2.42. The number of aromatic nitrogens is 1. The summed E-state index contributed by atoms with van der Waals surface area (Å²) >= 11 is 2.00. The van der Waals surface area contributed by atoms with Crippen LogP contribution in [0.4, 0.5) is 0 Å². The second-order valence-electron chi connectivity index (χ2n) is 5.64. The van der Waals surface area contributed by atoms with Crippen molar-refractivity contribution in [1.29, 1.82) is 0 Å². The van der Waals surface area contributed by atoms with E-state index in [4.69, 9.17) is 0 Å². The molecule has 1 aromatic heterocycles. The Balaban J connectivity index is 2.06. The average molecular weight is 250 g/mol. The molecule has 0 aliphatic heterocycles. The van der Waals surface area contributed by atoms with E-state index >= 15 is 0 Å². The van der Waals surface area contributed by atoms with Crippen LogP contribution in [0.15, 0.2) is 29.4 Å². The van der Waals surface area contributed by atoms with Gasteiger partial charge in [0.15, 0.2) is 0 Å². The third kappa shape index (κ3) is 3.46. The van der Waals surface area contributed by atoms with Gasteiger partial charge in [-0.1, -0.05) is 13.8 Å². The summed E-state index contributed by atoms with van der Waals surface area (Å²) in [6, 6.07) is 4.86. The van der Waals surface area contributed by atoms with Gasteiger partial charge in [0, 0.05) is 28.6 Å². The lowest BCUT2D eigenvalue weighted by molar-refractivity contribution is 0.218. The van der Waals surface area contributed by atoms with Gasteiger partial charge in [-0.3, -0.25) is 4.98 Å². The van der Waals surface area contributed by atoms with Gasteiger partial charge in [-0.05, 0) is 43.9 Å². The van der Waals surface area contributed by atoms with Gasteiger partial charge in [-0.15, -0.1) is 11.8 Å². The third-order valence-corrected chi connectivity index (χ3v) is 4.98. The molecule has 1 aromatic rings. The molecule has 1 saturated carbocycles. The summed E-state index contributed by atoms with van der Waals surface area (Å²) in [6.45, 7) is 4.78. The molecule has 1 aliphatic carbocycles. The first-order chi connectivity index (χ1) is 8.11. The van der Waals surface area contributed by atoms with Crippen molar-refractivity contribution in [2.75, 3.05) is 7.05 Å². The zero-order valence-electron chi connectivity index (χ0n) is 10.9. The number of hydrogen-bond acceptors (Lipinski definition) is 3. The van der Waals surface area contributed by atoms with E-state index in [0.717, 1.165) is 0 Å². The minimum absolute atomic E-state index is 0.484. The third-order valence-electron chi connectivity index (χ3n) is 3.64. The highest BCUT2D eigenvalue weighted by molar-refractivity contribution is 8.00. The average Bonchev–Trinajstić information content (AvgIpc) is 2.30. The van der Waals surface area contributed by atoms with Crippen LogP contribution in [0.5, 0.6) is 0 Å². The standard InChI is InChI=1S/C14H22N2S/c1-14(2)7-4-12(15-3)13(10-14)17-11-5-8-16-9-6-11/h5-6,8-9,12-13,15H,4,7,10H2,1-3H3. The van der Waals surface area contributed by atoms with Crippen molar-refractivity contribution in [2.24, 2.45) is 5.41 Å². The molecule has 0 saturated heterocycles. The molecule has 1 aliphatic rings. The second-order valence-corrected chi connectivity index (χ2v) is 6.95. The maximum absolute atomic E-state index is 4.08. The fourth-order valence-electron chi connectivity index (χ4n) is 2.57. The molecule has 0 amide bonds. The van der Waals surface area contributed by atoms with Gasteiger partial charge in [-0.2, -0.15) is 0 Å². The Morgan fingerprint density at radius 1 is 1.35 bits per heavy atom. The minimum Gasteiger partial charge on any atom is -0.316 e. The minimum atomic E-state index is 0.484. The number of rotatable bonds is 3. The summed E-state index contributed by atoms with van der Waals surface area (Å²) in [5.74, 6) is 0. The van der Waals surface area contributed by atoms with Gasteiger partial charge in [0.2, 0.25) is 0 Å². The summed E-state index contributed by atoms with van der Waals surface area (Å²) < 4.78 is 0. The normalized spacial score (nSPS) is 27.9. The van der Waals surface area contributed by atoms with Crippen LogP contribution in [0, 0.1) is 5.41 Å². The number of hydrogen-bond donors (Lipinski definition) is 1. The highest BCUT2D eigenvalue weighted by Gasteiger charge is 2.34. The maximum atomic E-state index is 4.08. The molecule has 2 atom stereocenters. The largest absolute Gasteiger partial charge is 0.316 e. The van der Waals surface area contributed by atoms with Crippen LogP contribution >= 0.6 is 11.8 Å². The molecule has 17 heavy (non-hydrogen) atoms. The zero-order chi connectivity index (χ0) is 12.3. The van der Waals surface area contributed by atoms with Crippen molar-refractivity contribution in [3.05, 3.63) is 24.5 Å². The summed E-state index contributed by atoms with van der Waals surface area (Å²) in [7, 11) is 2.09. The number of nitrogens with zero attached hydrogens (tertiary/aromatic N) is 1. The van der Waals surface area contributed by atoms with E-state index in [1.807, 2.05) is 24.2 Å². The topological polar surface area (TPSA) is 24.9 Å². The van der Waals surface area contributed by atoms with Crippen LogP contribution in [-0.2, 0) is 0 Å². The Labute approximate surface area is 109 Å². The maximum Gasteiger partial charge on any atom is 0.0278 e. The first-order valence-electron chi connectivity index (χ1n) is 6.35. The Hall–Kier alpha value is -0.540. The van der Waals surface area contributed by atoms with Gasteiger partial charge >= 0.3 is 0 Å². The van der Waals surface area contributed by atoms with E-state index in [9.17, 15) is 0 Å². The van der Waals surface area contributed by atoms with Crippen molar-refractivity contribution in [3.8, 4) is 0 Å². The van der Waals surface area contributed by atoms with E-state index in [0.29, 0.717) is 16.7 Å². The lowest BCUT2D eigenvalue weighted by atomic mass is 9.75. The number of pyridine rings is 1. The van der Waals surface area contributed by atoms with E-state index < -0.39 is 0 Å². The smallest absolute Gasteiger partial charge is 0.0278 e. The molecule has 0 bridgehead atoms. The van der Waals surface area contributed by atoms with Crippen molar-refractivity contribution >= 4 is 11.8 Å². The van der Waals surface area contributed by atoms with Crippen LogP contribution in [0.3, 0.4) is 0 Å². The fraction of sp³-hybridized carbons (Fsp3) is 0.643. The van der Waals surface area contributed by atoms with Crippen LogP contribution in [0.2, 0.25) is 0 Å².